The molecule has 0 spiro atoms. The van der Waals surface area contributed by atoms with Crippen molar-refractivity contribution in [2.75, 3.05) is 19.3 Å². The predicted molar refractivity (Wildman–Crippen MR) is 177 cm³/mol. The van der Waals surface area contributed by atoms with Crippen molar-refractivity contribution < 1.29 is 35.5 Å². The fourth-order valence-electron chi connectivity index (χ4n) is 7.73. The molecule has 0 aromatic rings. The molecule has 2 aliphatic heterocycles. The van der Waals surface area contributed by atoms with Crippen LogP contribution in [0.3, 0.4) is 0 Å². The first-order valence-electron chi connectivity index (χ1n) is 16.0. The minimum absolute atomic E-state index is 0.0380. The number of fused-ring (bicyclic) bond motifs is 2. The van der Waals surface area contributed by atoms with E-state index in [1.165, 1.54) is 0 Å². The largest absolute Gasteiger partial charge is 0.474 e. The van der Waals surface area contributed by atoms with Crippen LogP contribution in [0.5, 0.6) is 0 Å². The summed E-state index contributed by atoms with van der Waals surface area (Å²) in [6, 6.07) is 0.281. The van der Waals surface area contributed by atoms with E-state index >= 15 is 0 Å². The minimum atomic E-state index is -4.14. The molecule has 0 radical (unpaired) electrons. The lowest BCUT2D eigenvalue weighted by molar-refractivity contribution is -0.550. The summed E-state index contributed by atoms with van der Waals surface area (Å²) in [4.78, 5) is 15.4. The van der Waals surface area contributed by atoms with Gasteiger partial charge in [0.15, 0.2) is 11.9 Å². The molecule has 0 aromatic carbocycles. The van der Waals surface area contributed by atoms with Gasteiger partial charge in [0, 0.05) is 29.9 Å². The van der Waals surface area contributed by atoms with Crippen molar-refractivity contribution in [3.05, 3.63) is 23.6 Å². The zero-order valence-electron chi connectivity index (χ0n) is 25.9. The number of carbonyl (C=O) groups excluding carboxylic acids is 1. The zero-order chi connectivity index (χ0) is 31.8. The molecule has 8 atom stereocenters. The van der Waals surface area contributed by atoms with Crippen LogP contribution in [0.2, 0.25) is 0 Å². The van der Waals surface area contributed by atoms with Crippen molar-refractivity contribution in [1.82, 2.24) is 9.62 Å². The van der Waals surface area contributed by atoms with Gasteiger partial charge in [0.1, 0.15) is 6.10 Å². The van der Waals surface area contributed by atoms with Crippen LogP contribution in [0.15, 0.2) is 23.6 Å². The highest BCUT2D eigenvalue weighted by molar-refractivity contribution is 9.09. The van der Waals surface area contributed by atoms with Crippen molar-refractivity contribution in [2.45, 2.75) is 118 Å². The Kier molecular flexibility index (Phi) is 10.9. The normalized spacial score (nSPS) is 35.8. The molecule has 248 valence electrons. The Bertz CT molecular complexity index is 1410. The number of amides is 1. The Morgan fingerprint density at radius 3 is 2.59 bits per heavy atom. The highest BCUT2D eigenvalue weighted by Crippen LogP contribution is 2.42. The number of rotatable bonds is 9. The molecule has 5 aliphatic rings. The van der Waals surface area contributed by atoms with Crippen LogP contribution in [0.1, 0.15) is 84.5 Å². The van der Waals surface area contributed by atoms with Gasteiger partial charge in [-0.2, -0.15) is 8.42 Å². The topological polar surface area (TPSA) is 133 Å². The number of alkyl halides is 1. The quantitative estimate of drug-likeness (QED) is 0.201. The lowest BCUT2D eigenvalue weighted by atomic mass is 9.83. The van der Waals surface area contributed by atoms with Crippen molar-refractivity contribution in [3.63, 3.8) is 0 Å². The van der Waals surface area contributed by atoms with E-state index in [0.717, 1.165) is 80.5 Å². The monoisotopic (exact) mass is 736 g/mol. The Morgan fingerprint density at radius 1 is 1.14 bits per heavy atom. The first-order valence-corrected chi connectivity index (χ1v) is 21.2. The molecule has 44 heavy (non-hydrogen) atoms. The van der Waals surface area contributed by atoms with Crippen LogP contribution in [-0.4, -0.2) is 94.7 Å². The van der Waals surface area contributed by atoms with E-state index in [4.69, 9.17) is 4.74 Å². The molecule has 3 aliphatic carbocycles. The summed E-state index contributed by atoms with van der Waals surface area (Å²) in [6.45, 7) is 4.83. The van der Waals surface area contributed by atoms with Gasteiger partial charge in [-0.3, -0.25) is 9.35 Å². The highest BCUT2D eigenvalue weighted by atomic mass is 79.9. The van der Waals surface area contributed by atoms with E-state index in [-0.39, 0.29) is 30.7 Å². The number of nitrogens with zero attached hydrogens (tertiary/aromatic N) is 2. The molecule has 1 amide bonds. The van der Waals surface area contributed by atoms with Gasteiger partial charge in [-0.25, -0.2) is 17.7 Å². The molecule has 1 saturated heterocycles. The maximum Gasteiger partial charge on any atom is 0.298 e. The third-order valence-corrected chi connectivity index (χ3v) is 14.2. The maximum atomic E-state index is 12.8. The summed E-state index contributed by atoms with van der Waals surface area (Å²) < 4.78 is 69.0. The number of nitrogens with one attached hydrogen (secondary N) is 1. The molecular weight excluding hydrogens is 690 g/mol. The fraction of sp³-hybridized carbons (Fsp3) is 0.800. The van der Waals surface area contributed by atoms with E-state index in [9.17, 15) is 26.2 Å². The first-order chi connectivity index (χ1) is 20.7. The van der Waals surface area contributed by atoms with Crippen molar-refractivity contribution >= 4 is 58.8 Å². The number of thioether (sulfide) groups is 1. The van der Waals surface area contributed by atoms with Crippen LogP contribution in [0.4, 0.5) is 0 Å². The average Bonchev–Trinajstić information content (AvgIpc) is 3.43. The maximum absolute atomic E-state index is 12.8. The second kappa shape index (κ2) is 13.9. The molecule has 3 saturated carbocycles. The zero-order valence-corrected chi connectivity index (χ0v) is 29.9. The van der Waals surface area contributed by atoms with Gasteiger partial charge in [0.05, 0.1) is 22.8 Å². The Hall–Kier alpha value is -1.09. The highest BCUT2D eigenvalue weighted by Gasteiger charge is 2.47. The van der Waals surface area contributed by atoms with E-state index in [0.29, 0.717) is 35.4 Å². The number of sulfonamides is 1. The number of halogens is 1. The van der Waals surface area contributed by atoms with Crippen molar-refractivity contribution in [2.24, 2.45) is 11.8 Å². The van der Waals surface area contributed by atoms with Crippen LogP contribution < -0.4 is 4.72 Å². The minimum Gasteiger partial charge on any atom is -0.474 e. The number of ether oxygens (including phenoxy) is 1. The van der Waals surface area contributed by atoms with Gasteiger partial charge >= 0.3 is 0 Å². The van der Waals surface area contributed by atoms with Gasteiger partial charge in [0.25, 0.3) is 16.0 Å². The van der Waals surface area contributed by atoms with Gasteiger partial charge in [-0.1, -0.05) is 42.6 Å². The lowest BCUT2D eigenvalue weighted by Gasteiger charge is -2.37. The van der Waals surface area contributed by atoms with Gasteiger partial charge in [-0.15, -0.1) is 0 Å². The first kappa shape index (κ1) is 34.3. The van der Waals surface area contributed by atoms with Crippen LogP contribution in [-0.2, 0) is 29.7 Å². The fourth-order valence-corrected chi connectivity index (χ4v) is 11.6. The van der Waals surface area contributed by atoms with Crippen LogP contribution in [0.25, 0.3) is 0 Å². The number of allylic oxidation sites excluding steroid dienone is 2. The summed E-state index contributed by atoms with van der Waals surface area (Å²) in [7, 11) is -7.81. The average molecular weight is 738 g/mol. The molecule has 2 N–H and O–H groups in total. The lowest BCUT2D eigenvalue weighted by Crippen LogP contribution is -2.45. The number of hydrogen-bond donors (Lipinski definition) is 2. The van der Waals surface area contributed by atoms with E-state index in [1.54, 1.807) is 11.8 Å². The van der Waals surface area contributed by atoms with Crippen molar-refractivity contribution in [1.29, 1.82) is 0 Å². The van der Waals surface area contributed by atoms with Gasteiger partial charge < -0.3 is 9.64 Å². The third-order valence-electron chi connectivity index (χ3n) is 9.91. The molecule has 2 heterocycles. The summed E-state index contributed by atoms with van der Waals surface area (Å²) >= 11 is 5.52. The molecule has 14 heteroatoms. The predicted octanol–water partition coefficient (Wildman–Crippen LogP) is 4.42. The Labute approximate surface area is 275 Å². The van der Waals surface area contributed by atoms with Gasteiger partial charge in [-0.05, 0) is 80.5 Å². The second-order valence-corrected chi connectivity index (χ2v) is 19.3. The van der Waals surface area contributed by atoms with Gasteiger partial charge in [0.2, 0.25) is 21.6 Å². The molecule has 8 unspecified atom stereocenters. The third kappa shape index (κ3) is 8.24. The number of hydrogen-bond acceptors (Lipinski definition) is 8. The molecule has 4 fully saturated rings. The van der Waals surface area contributed by atoms with Crippen molar-refractivity contribution in [3.8, 4) is 0 Å². The summed E-state index contributed by atoms with van der Waals surface area (Å²) in [5, 5.41) is 0.518. The number of carbonyl (C=O) groups is 1. The standard InChI is InChI=1S/C30H46BrN3O7S3/c1-4-20(15-30-34(18-28(35)32-43(3,36)37)24-16-22(31)10-12-26(24)42-30)14-29-33(23-13-19(2)9-11-25(23)41-29)17-21-7-5-6-8-27(21)44(38,39)40/h14-15,19,21-27H,4-13,16-18H2,1-3H3,(H-,32,35,38,39,40)/p+1. The Morgan fingerprint density at radius 2 is 1.89 bits per heavy atom. The van der Waals surface area contributed by atoms with E-state index < -0.39 is 31.3 Å². The molecule has 5 rings (SSSR count). The Balaban J connectivity index is 1.47. The molecular formula is C30H47BrN3O7S3+. The van der Waals surface area contributed by atoms with Crippen LogP contribution in [0, 0.1) is 11.8 Å². The summed E-state index contributed by atoms with van der Waals surface area (Å²) in [5.41, 5.74) is 1.02. The molecule has 0 bridgehead atoms. The SMILES string of the molecule is CCC(=CC1=[N+](CC(=O)NS(C)(=O)=O)C2CC(Br)CCC2S1)C=C1OC2CCC(C)CC2N1CC1CCCCC1S(=O)(=O)O. The second-order valence-electron chi connectivity index (χ2n) is 13.3. The van der Waals surface area contributed by atoms with Crippen LogP contribution >= 0.6 is 27.7 Å². The summed E-state index contributed by atoms with van der Waals surface area (Å²) in [5.74, 6) is 0.590. The smallest absolute Gasteiger partial charge is 0.298 e. The van der Waals surface area contributed by atoms with E-state index in [2.05, 4.69) is 56.1 Å². The molecule has 0 aromatic heterocycles. The molecule has 10 nitrogen and oxygen atoms in total. The summed E-state index contributed by atoms with van der Waals surface area (Å²) in [6.07, 6.45) is 14.9. The van der Waals surface area contributed by atoms with E-state index in [1.807, 2.05) is 0 Å².